The van der Waals surface area contributed by atoms with E-state index >= 15 is 0 Å². The third-order valence-electron chi connectivity index (χ3n) is 3.24. The van der Waals surface area contributed by atoms with Crippen molar-refractivity contribution in [1.82, 2.24) is 5.32 Å². The third kappa shape index (κ3) is 5.01. The zero-order chi connectivity index (χ0) is 15.0. The minimum absolute atomic E-state index is 0.0851. The maximum absolute atomic E-state index is 11.8. The van der Waals surface area contributed by atoms with Crippen molar-refractivity contribution in [2.45, 2.75) is 32.1 Å². The van der Waals surface area contributed by atoms with Gasteiger partial charge in [-0.2, -0.15) is 0 Å². The molecule has 1 unspecified atom stereocenters. The van der Waals surface area contributed by atoms with Gasteiger partial charge in [-0.1, -0.05) is 19.1 Å². The number of hydrogen-bond donors (Lipinski definition) is 3. The Morgan fingerprint density at radius 1 is 1.25 bits per heavy atom. The fraction of sp³-hybridized carbons (Fsp3) is 0.467. The van der Waals surface area contributed by atoms with Crippen LogP contribution in [-0.4, -0.2) is 35.2 Å². The molecule has 0 spiro atoms. The highest BCUT2D eigenvalue weighted by atomic mass is 16.4. The monoisotopic (exact) mass is 279 g/mol. The normalized spacial score (nSPS) is 11.9. The number of aliphatic hydroxyl groups is 1. The van der Waals surface area contributed by atoms with Crippen LogP contribution in [0.25, 0.3) is 0 Å². The van der Waals surface area contributed by atoms with E-state index in [-0.39, 0.29) is 25.5 Å². The second-order valence-corrected chi connectivity index (χ2v) is 4.64. The number of benzene rings is 1. The van der Waals surface area contributed by atoms with Crippen LogP contribution in [0.3, 0.4) is 0 Å². The first-order valence-corrected chi connectivity index (χ1v) is 6.79. The van der Waals surface area contributed by atoms with Gasteiger partial charge in [0.15, 0.2) is 0 Å². The van der Waals surface area contributed by atoms with Crippen LogP contribution >= 0.6 is 0 Å². The predicted molar refractivity (Wildman–Crippen MR) is 75.8 cm³/mol. The molecule has 0 bridgehead atoms. The molecule has 110 valence electrons. The number of hydrogen-bond acceptors (Lipinski definition) is 3. The fourth-order valence-corrected chi connectivity index (χ4v) is 2.05. The van der Waals surface area contributed by atoms with Gasteiger partial charge in [0.2, 0.25) is 0 Å². The SMILES string of the molecule is CCC(CCO)c1ccc(C(=O)NCCC(=O)O)cc1. The Morgan fingerprint density at radius 2 is 1.90 bits per heavy atom. The number of amides is 1. The zero-order valence-electron chi connectivity index (χ0n) is 11.6. The first-order chi connectivity index (χ1) is 9.58. The number of carbonyl (C=O) groups excluding carboxylic acids is 1. The van der Waals surface area contributed by atoms with Gasteiger partial charge >= 0.3 is 5.97 Å². The number of aliphatic hydroxyl groups excluding tert-OH is 1. The van der Waals surface area contributed by atoms with E-state index in [1.807, 2.05) is 12.1 Å². The number of carboxylic acid groups (broad SMARTS) is 1. The summed E-state index contributed by atoms with van der Waals surface area (Å²) >= 11 is 0. The van der Waals surface area contributed by atoms with Crippen LogP contribution in [0.5, 0.6) is 0 Å². The first kappa shape index (κ1) is 16.2. The summed E-state index contributed by atoms with van der Waals surface area (Å²) in [6.45, 7) is 2.33. The topological polar surface area (TPSA) is 86.6 Å². The molecule has 1 amide bonds. The molecule has 1 aromatic rings. The Balaban J connectivity index is 2.61. The van der Waals surface area contributed by atoms with Crippen LogP contribution < -0.4 is 5.32 Å². The maximum Gasteiger partial charge on any atom is 0.305 e. The van der Waals surface area contributed by atoms with Crippen LogP contribution in [-0.2, 0) is 4.79 Å². The molecule has 0 aromatic heterocycles. The summed E-state index contributed by atoms with van der Waals surface area (Å²) < 4.78 is 0. The molecule has 1 rings (SSSR count). The highest BCUT2D eigenvalue weighted by molar-refractivity contribution is 5.94. The highest BCUT2D eigenvalue weighted by Crippen LogP contribution is 2.23. The number of rotatable bonds is 8. The van der Waals surface area contributed by atoms with Gasteiger partial charge in [0.1, 0.15) is 0 Å². The van der Waals surface area contributed by atoms with Gasteiger partial charge in [0.05, 0.1) is 6.42 Å². The van der Waals surface area contributed by atoms with Crippen molar-refractivity contribution in [3.05, 3.63) is 35.4 Å². The average Bonchev–Trinajstić information content (AvgIpc) is 2.44. The summed E-state index contributed by atoms with van der Waals surface area (Å²) in [7, 11) is 0. The van der Waals surface area contributed by atoms with Crippen LogP contribution in [0.2, 0.25) is 0 Å². The third-order valence-corrected chi connectivity index (χ3v) is 3.24. The summed E-state index contributed by atoms with van der Waals surface area (Å²) in [6.07, 6.45) is 1.56. The Labute approximate surface area is 118 Å². The summed E-state index contributed by atoms with van der Waals surface area (Å²) in [4.78, 5) is 22.1. The maximum atomic E-state index is 11.8. The highest BCUT2D eigenvalue weighted by Gasteiger charge is 2.10. The van der Waals surface area contributed by atoms with E-state index in [2.05, 4.69) is 12.2 Å². The Hall–Kier alpha value is -1.88. The molecule has 1 aromatic carbocycles. The van der Waals surface area contributed by atoms with Gasteiger partial charge < -0.3 is 15.5 Å². The molecule has 0 aliphatic heterocycles. The van der Waals surface area contributed by atoms with Crippen molar-refractivity contribution in [3.63, 3.8) is 0 Å². The number of nitrogens with one attached hydrogen (secondary N) is 1. The summed E-state index contributed by atoms with van der Waals surface area (Å²) in [5, 5.41) is 20.1. The van der Waals surface area contributed by atoms with E-state index in [0.29, 0.717) is 17.9 Å². The Bertz CT molecular complexity index is 442. The molecular weight excluding hydrogens is 258 g/mol. The van der Waals surface area contributed by atoms with Gasteiger partial charge in [0.25, 0.3) is 5.91 Å². The summed E-state index contributed by atoms with van der Waals surface area (Å²) in [5.74, 6) is -0.910. The van der Waals surface area contributed by atoms with E-state index < -0.39 is 5.97 Å². The average molecular weight is 279 g/mol. The van der Waals surface area contributed by atoms with Crippen molar-refractivity contribution in [1.29, 1.82) is 0 Å². The second kappa shape index (κ2) is 8.32. The van der Waals surface area contributed by atoms with Crippen molar-refractivity contribution in [3.8, 4) is 0 Å². The molecule has 5 heteroatoms. The van der Waals surface area contributed by atoms with Gasteiger partial charge in [-0.15, -0.1) is 0 Å². The van der Waals surface area contributed by atoms with Crippen LogP contribution in [0.15, 0.2) is 24.3 Å². The molecule has 3 N–H and O–H groups in total. The van der Waals surface area contributed by atoms with E-state index in [9.17, 15) is 9.59 Å². The van der Waals surface area contributed by atoms with Crippen molar-refractivity contribution in [2.75, 3.05) is 13.2 Å². The fourth-order valence-electron chi connectivity index (χ4n) is 2.05. The largest absolute Gasteiger partial charge is 0.481 e. The first-order valence-electron chi connectivity index (χ1n) is 6.79. The van der Waals surface area contributed by atoms with E-state index in [1.54, 1.807) is 12.1 Å². The Kier molecular flexibility index (Phi) is 6.73. The quantitative estimate of drug-likeness (QED) is 0.677. The molecule has 0 radical (unpaired) electrons. The lowest BCUT2D eigenvalue weighted by atomic mass is 9.93. The predicted octanol–water partition coefficient (Wildman–Crippen LogP) is 1.77. The van der Waals surface area contributed by atoms with Crippen LogP contribution in [0.4, 0.5) is 0 Å². The van der Waals surface area contributed by atoms with E-state index in [4.69, 9.17) is 10.2 Å². The summed E-state index contributed by atoms with van der Waals surface area (Å²) in [6, 6.07) is 7.23. The second-order valence-electron chi connectivity index (χ2n) is 4.64. The lowest BCUT2D eigenvalue weighted by Gasteiger charge is -2.14. The van der Waals surface area contributed by atoms with Crippen molar-refractivity contribution in [2.24, 2.45) is 0 Å². The molecule has 5 nitrogen and oxygen atoms in total. The number of carbonyl (C=O) groups is 2. The van der Waals surface area contributed by atoms with Gasteiger partial charge in [0, 0.05) is 18.7 Å². The van der Waals surface area contributed by atoms with E-state index in [0.717, 1.165) is 12.0 Å². The number of aliphatic carboxylic acids is 1. The lowest BCUT2D eigenvalue weighted by molar-refractivity contribution is -0.136. The van der Waals surface area contributed by atoms with Gasteiger partial charge in [-0.25, -0.2) is 0 Å². The number of carboxylic acids is 1. The lowest BCUT2D eigenvalue weighted by Crippen LogP contribution is -2.25. The minimum Gasteiger partial charge on any atom is -0.481 e. The molecule has 0 aliphatic carbocycles. The standard InChI is InChI=1S/C15H21NO4/c1-2-11(8-10-17)12-3-5-13(6-4-12)15(20)16-9-7-14(18)19/h3-6,11,17H,2,7-10H2,1H3,(H,16,20)(H,18,19). The van der Waals surface area contributed by atoms with Gasteiger partial charge in [-0.05, 0) is 36.5 Å². The molecule has 1 atom stereocenters. The summed E-state index contributed by atoms with van der Waals surface area (Å²) in [5.41, 5.74) is 1.61. The van der Waals surface area contributed by atoms with E-state index in [1.165, 1.54) is 0 Å². The zero-order valence-corrected chi connectivity index (χ0v) is 11.6. The smallest absolute Gasteiger partial charge is 0.305 e. The molecule has 0 saturated heterocycles. The minimum atomic E-state index is -0.935. The van der Waals surface area contributed by atoms with Gasteiger partial charge in [-0.3, -0.25) is 9.59 Å². The molecule has 20 heavy (non-hydrogen) atoms. The Morgan fingerprint density at radius 3 is 2.40 bits per heavy atom. The molecule has 0 heterocycles. The van der Waals surface area contributed by atoms with Crippen molar-refractivity contribution >= 4 is 11.9 Å². The molecular formula is C15H21NO4. The molecule has 0 fully saturated rings. The van der Waals surface area contributed by atoms with Crippen LogP contribution in [0.1, 0.15) is 48.0 Å². The van der Waals surface area contributed by atoms with Crippen LogP contribution in [0, 0.1) is 0 Å². The molecule has 0 aliphatic rings. The van der Waals surface area contributed by atoms with Crippen molar-refractivity contribution < 1.29 is 19.8 Å². The molecule has 0 saturated carbocycles.